The summed E-state index contributed by atoms with van der Waals surface area (Å²) in [6.45, 7) is 4.26. The molecule has 26 heavy (non-hydrogen) atoms. The number of thioether (sulfide) groups is 1. The highest BCUT2D eigenvalue weighted by Gasteiger charge is 2.13. The van der Waals surface area contributed by atoms with Crippen LogP contribution >= 0.6 is 23.4 Å². The van der Waals surface area contributed by atoms with Crippen LogP contribution in [0, 0.1) is 0 Å². The van der Waals surface area contributed by atoms with E-state index in [-0.39, 0.29) is 4.91 Å². The summed E-state index contributed by atoms with van der Waals surface area (Å²) in [5.41, 5.74) is 0.537. The van der Waals surface area contributed by atoms with Crippen LogP contribution in [-0.4, -0.2) is 34.9 Å². The van der Waals surface area contributed by atoms with E-state index in [4.69, 9.17) is 21.1 Å². The Morgan fingerprint density at radius 2 is 2.19 bits per heavy atom. The van der Waals surface area contributed by atoms with Crippen molar-refractivity contribution in [1.82, 2.24) is 15.2 Å². The zero-order valence-corrected chi connectivity index (χ0v) is 16.2. The van der Waals surface area contributed by atoms with Crippen molar-refractivity contribution in [2.75, 3.05) is 13.7 Å². The maximum absolute atomic E-state index is 11.5. The lowest BCUT2D eigenvalue weighted by atomic mass is 10.2. The van der Waals surface area contributed by atoms with Crippen molar-refractivity contribution in [1.29, 1.82) is 0 Å². The molecule has 0 saturated carbocycles. The number of H-pyrrole nitrogens is 1. The number of carbonyl (C=O) groups excluding carboxylic acids is 1. The van der Waals surface area contributed by atoms with Gasteiger partial charge in [-0.1, -0.05) is 18.5 Å². The number of hydrogen-bond donors (Lipinski definition) is 1. The molecule has 0 atom stereocenters. The molecule has 0 radical (unpaired) electrons. The molecule has 0 aliphatic rings. The van der Waals surface area contributed by atoms with Gasteiger partial charge in [-0.15, -0.1) is 5.10 Å². The first-order valence-corrected chi connectivity index (χ1v) is 9.20. The van der Waals surface area contributed by atoms with E-state index in [9.17, 15) is 9.90 Å². The summed E-state index contributed by atoms with van der Waals surface area (Å²) in [5, 5.41) is 18.9. The normalized spacial score (nSPS) is 11.5. The molecule has 0 amide bonds. The van der Waals surface area contributed by atoms with Crippen molar-refractivity contribution >= 4 is 35.4 Å². The number of aromatic nitrogens is 3. The van der Waals surface area contributed by atoms with E-state index in [0.717, 1.165) is 24.6 Å². The van der Waals surface area contributed by atoms with Gasteiger partial charge in [-0.05, 0) is 48.9 Å². The Kier molecular flexibility index (Phi) is 7.35. The van der Waals surface area contributed by atoms with Gasteiger partial charge in [0.25, 0.3) is 0 Å². The average molecular weight is 397 g/mol. The van der Waals surface area contributed by atoms with E-state index in [1.54, 1.807) is 12.1 Å². The molecule has 0 aliphatic carbocycles. The molecule has 0 spiro atoms. The van der Waals surface area contributed by atoms with Crippen molar-refractivity contribution in [2.45, 2.75) is 31.8 Å². The smallest absolute Gasteiger partial charge is 0.213 e. The number of carbonyl (C=O) groups is 1. The van der Waals surface area contributed by atoms with E-state index in [0.29, 0.717) is 39.7 Å². The Morgan fingerprint density at radius 1 is 1.42 bits per heavy atom. The summed E-state index contributed by atoms with van der Waals surface area (Å²) < 4.78 is 10.7. The number of rotatable bonds is 9. The number of carboxylic acid groups (broad SMARTS) is 1. The maximum atomic E-state index is 11.5. The average Bonchev–Trinajstić information content (AvgIpc) is 3.02. The van der Waals surface area contributed by atoms with Crippen LogP contribution in [-0.2, 0) is 11.2 Å². The number of carboxylic acids is 1. The lowest BCUT2D eigenvalue weighted by Gasteiger charge is -2.12. The molecule has 0 fully saturated rings. The second kappa shape index (κ2) is 9.49. The number of nitrogens with zero attached hydrogens (tertiary/aromatic N) is 2. The van der Waals surface area contributed by atoms with Crippen LogP contribution in [0.5, 0.6) is 11.5 Å². The first kappa shape index (κ1) is 20.1. The van der Waals surface area contributed by atoms with Gasteiger partial charge in [0.15, 0.2) is 11.5 Å². The van der Waals surface area contributed by atoms with Crippen LogP contribution in [0.1, 0.15) is 31.7 Å². The largest absolute Gasteiger partial charge is 0.544 e. The number of nitrogens with one attached hydrogen (secondary N) is 1. The Morgan fingerprint density at radius 3 is 2.81 bits per heavy atom. The fourth-order valence-corrected chi connectivity index (χ4v) is 3.20. The predicted molar refractivity (Wildman–Crippen MR) is 98.4 cm³/mol. The Balaban J connectivity index is 2.33. The number of halogens is 1. The van der Waals surface area contributed by atoms with Crippen LogP contribution in [0.15, 0.2) is 22.2 Å². The van der Waals surface area contributed by atoms with Crippen LogP contribution < -0.4 is 14.6 Å². The molecule has 0 saturated heterocycles. The van der Waals surface area contributed by atoms with Crippen LogP contribution in [0.25, 0.3) is 6.08 Å². The topological polar surface area (TPSA) is 100 Å². The van der Waals surface area contributed by atoms with Gasteiger partial charge in [0, 0.05) is 11.3 Å². The predicted octanol–water partition coefficient (Wildman–Crippen LogP) is 2.70. The molecule has 7 nitrogen and oxygen atoms in total. The minimum Gasteiger partial charge on any atom is -0.544 e. The molecule has 1 N–H and O–H groups in total. The van der Waals surface area contributed by atoms with E-state index in [1.165, 1.54) is 13.2 Å². The Hall–Kier alpha value is -2.19. The molecule has 0 aliphatic heterocycles. The van der Waals surface area contributed by atoms with Crippen molar-refractivity contribution in [3.05, 3.63) is 33.4 Å². The molecule has 1 aromatic carbocycles. The number of benzene rings is 1. The van der Waals surface area contributed by atoms with Crippen LogP contribution in [0.3, 0.4) is 0 Å². The molecule has 9 heteroatoms. The van der Waals surface area contributed by atoms with E-state index >= 15 is 0 Å². The minimum atomic E-state index is -1.33. The highest BCUT2D eigenvalue weighted by molar-refractivity contribution is 8.04. The molecular weight excluding hydrogens is 378 g/mol. The summed E-state index contributed by atoms with van der Waals surface area (Å²) in [4.78, 5) is 15.7. The van der Waals surface area contributed by atoms with E-state index < -0.39 is 5.97 Å². The number of hydrogen-bond acceptors (Lipinski definition) is 7. The lowest BCUT2D eigenvalue weighted by molar-refractivity contribution is -0.297. The zero-order chi connectivity index (χ0) is 19.1. The van der Waals surface area contributed by atoms with Gasteiger partial charge < -0.3 is 19.4 Å². The summed E-state index contributed by atoms with van der Waals surface area (Å²) in [6.07, 6.45) is 3.08. The number of ether oxygens (including phenoxy) is 2. The third kappa shape index (κ3) is 5.15. The van der Waals surface area contributed by atoms with E-state index in [1.807, 2.05) is 13.8 Å². The van der Waals surface area contributed by atoms with Gasteiger partial charge in [-0.2, -0.15) is 0 Å². The number of aliphatic carboxylic acids is 1. The van der Waals surface area contributed by atoms with Gasteiger partial charge in [0.05, 0.1) is 24.7 Å². The summed E-state index contributed by atoms with van der Waals surface area (Å²) in [5.74, 6) is 0.201. The fourth-order valence-electron chi connectivity index (χ4n) is 2.18. The standard InChI is InChI=1S/C17H20ClN3O4S/c1-4-6-14-19-17(21-20-14)26-13(16(22)23)9-10-7-11(18)15(24-3)12(8-10)25-5-2/h7-9H,4-6H2,1-3H3,(H,22,23)(H,19,20,21)/p-1/b13-9+. The van der Waals surface area contributed by atoms with Gasteiger partial charge >= 0.3 is 0 Å². The van der Waals surface area contributed by atoms with Gasteiger partial charge in [0.2, 0.25) is 5.16 Å². The monoisotopic (exact) mass is 396 g/mol. The SMILES string of the molecule is CCCc1nc(S/C(=C/c2cc(Cl)c(OC)c(OCC)c2)C(=O)[O-])n[nH]1. The zero-order valence-electron chi connectivity index (χ0n) is 14.7. The highest BCUT2D eigenvalue weighted by Crippen LogP contribution is 2.37. The first-order chi connectivity index (χ1) is 12.5. The number of methoxy groups -OCH3 is 1. The van der Waals surface area contributed by atoms with Crippen molar-refractivity contribution in [3.8, 4) is 11.5 Å². The van der Waals surface area contributed by atoms with Crippen LogP contribution in [0.4, 0.5) is 0 Å². The van der Waals surface area contributed by atoms with Gasteiger partial charge in [-0.25, -0.2) is 4.98 Å². The number of aromatic amines is 1. The summed E-state index contributed by atoms with van der Waals surface area (Å²) >= 11 is 7.10. The molecule has 2 rings (SSSR count). The van der Waals surface area contributed by atoms with Gasteiger partial charge in [0.1, 0.15) is 5.82 Å². The quantitative estimate of drug-likeness (QED) is 0.513. The van der Waals surface area contributed by atoms with Gasteiger partial charge in [-0.3, -0.25) is 5.10 Å². The van der Waals surface area contributed by atoms with Crippen molar-refractivity contribution in [3.63, 3.8) is 0 Å². The van der Waals surface area contributed by atoms with Crippen molar-refractivity contribution < 1.29 is 19.4 Å². The fraction of sp³-hybridized carbons (Fsp3) is 0.353. The van der Waals surface area contributed by atoms with Crippen LogP contribution in [0.2, 0.25) is 5.02 Å². The molecule has 0 unspecified atom stereocenters. The minimum absolute atomic E-state index is 0.0456. The molecule has 0 bridgehead atoms. The summed E-state index contributed by atoms with van der Waals surface area (Å²) in [6, 6.07) is 3.24. The second-order valence-corrected chi connectivity index (χ2v) is 6.60. The highest BCUT2D eigenvalue weighted by atomic mass is 35.5. The molecular formula is C17H19ClN3O4S-. The molecule has 2 aromatic rings. The Bertz CT molecular complexity index is 807. The Labute approximate surface area is 160 Å². The second-order valence-electron chi connectivity index (χ2n) is 5.18. The number of aryl methyl sites for hydroxylation is 1. The maximum Gasteiger partial charge on any atom is 0.213 e. The first-order valence-electron chi connectivity index (χ1n) is 8.00. The lowest BCUT2D eigenvalue weighted by Crippen LogP contribution is -2.23. The molecule has 1 heterocycles. The third-order valence-electron chi connectivity index (χ3n) is 3.23. The molecule has 140 valence electrons. The third-order valence-corrected chi connectivity index (χ3v) is 4.38. The summed E-state index contributed by atoms with van der Waals surface area (Å²) in [7, 11) is 1.48. The van der Waals surface area contributed by atoms with E-state index in [2.05, 4.69) is 15.2 Å². The molecule has 1 aromatic heterocycles. The van der Waals surface area contributed by atoms with Crippen molar-refractivity contribution in [2.24, 2.45) is 0 Å².